The molecule has 0 unspecified atom stereocenters. The Morgan fingerprint density at radius 1 is 1.24 bits per heavy atom. The topological polar surface area (TPSA) is 78.7 Å². The van der Waals surface area contributed by atoms with E-state index >= 15 is 0 Å². The first-order chi connectivity index (χ1) is 12.0. The molecular formula is C18H22N4O3. The van der Waals surface area contributed by atoms with E-state index in [2.05, 4.69) is 10.3 Å². The van der Waals surface area contributed by atoms with Crippen LogP contribution in [0, 0.1) is 5.92 Å². The maximum absolute atomic E-state index is 12.4. The number of hydrogen-bond donors (Lipinski definition) is 1. The summed E-state index contributed by atoms with van der Waals surface area (Å²) < 4.78 is 5.15. The van der Waals surface area contributed by atoms with Gasteiger partial charge in [0.25, 0.3) is 5.91 Å². The number of carbonyl (C=O) groups is 2. The van der Waals surface area contributed by atoms with Gasteiger partial charge in [-0.05, 0) is 37.1 Å². The molecule has 1 aliphatic rings. The van der Waals surface area contributed by atoms with E-state index in [1.165, 1.54) is 6.26 Å². The van der Waals surface area contributed by atoms with E-state index < -0.39 is 0 Å². The molecule has 0 aromatic carbocycles. The summed E-state index contributed by atoms with van der Waals surface area (Å²) in [4.78, 5) is 32.6. The monoisotopic (exact) mass is 342 g/mol. The van der Waals surface area contributed by atoms with Crippen LogP contribution in [-0.4, -0.2) is 48.9 Å². The molecule has 0 aliphatic carbocycles. The lowest BCUT2D eigenvalue weighted by molar-refractivity contribution is -0.121. The van der Waals surface area contributed by atoms with Gasteiger partial charge < -0.3 is 19.5 Å². The Morgan fingerprint density at radius 3 is 2.56 bits per heavy atom. The van der Waals surface area contributed by atoms with Crippen LogP contribution in [0.2, 0.25) is 0 Å². The van der Waals surface area contributed by atoms with Crippen molar-refractivity contribution in [3.05, 3.63) is 42.5 Å². The minimum Gasteiger partial charge on any atom is -0.459 e. The van der Waals surface area contributed by atoms with Crippen LogP contribution in [0.25, 0.3) is 0 Å². The Bertz CT molecular complexity index is 717. The SMILES string of the molecule is CN(C)c1ccc(NC(=O)C2CCN(C(=O)c3ccco3)CC2)cn1. The van der Waals surface area contributed by atoms with E-state index in [-0.39, 0.29) is 17.7 Å². The molecule has 7 heteroatoms. The molecular weight excluding hydrogens is 320 g/mol. The molecule has 3 rings (SSSR count). The molecule has 1 saturated heterocycles. The summed E-state index contributed by atoms with van der Waals surface area (Å²) in [6, 6.07) is 7.06. The number of furan rings is 1. The van der Waals surface area contributed by atoms with Crippen LogP contribution in [0.15, 0.2) is 41.1 Å². The van der Waals surface area contributed by atoms with Gasteiger partial charge in [-0.3, -0.25) is 9.59 Å². The third kappa shape index (κ3) is 3.99. The van der Waals surface area contributed by atoms with Gasteiger partial charge in [0.2, 0.25) is 5.91 Å². The molecule has 0 atom stereocenters. The first-order valence-electron chi connectivity index (χ1n) is 8.31. The molecule has 7 nitrogen and oxygen atoms in total. The van der Waals surface area contributed by atoms with Gasteiger partial charge in [-0.2, -0.15) is 0 Å². The minimum absolute atomic E-state index is 0.0236. The lowest BCUT2D eigenvalue weighted by Crippen LogP contribution is -2.41. The summed E-state index contributed by atoms with van der Waals surface area (Å²) in [6.07, 6.45) is 4.43. The van der Waals surface area contributed by atoms with Crippen molar-refractivity contribution in [3.63, 3.8) is 0 Å². The molecule has 2 amide bonds. The first-order valence-corrected chi connectivity index (χ1v) is 8.31. The van der Waals surface area contributed by atoms with Crippen molar-refractivity contribution < 1.29 is 14.0 Å². The van der Waals surface area contributed by atoms with Crippen molar-refractivity contribution >= 4 is 23.3 Å². The maximum atomic E-state index is 12.4. The zero-order valence-electron chi connectivity index (χ0n) is 14.4. The number of piperidine rings is 1. The zero-order valence-corrected chi connectivity index (χ0v) is 14.4. The molecule has 0 spiro atoms. The van der Waals surface area contributed by atoms with Crippen LogP contribution >= 0.6 is 0 Å². The highest BCUT2D eigenvalue weighted by atomic mass is 16.3. The molecule has 0 saturated carbocycles. The van der Waals surface area contributed by atoms with Gasteiger partial charge in [0, 0.05) is 33.1 Å². The molecule has 0 radical (unpaired) electrons. The highest BCUT2D eigenvalue weighted by Gasteiger charge is 2.28. The van der Waals surface area contributed by atoms with Crippen molar-refractivity contribution in [3.8, 4) is 0 Å². The summed E-state index contributed by atoms with van der Waals surface area (Å²) in [6.45, 7) is 1.10. The molecule has 2 aromatic heterocycles. The number of likely N-dealkylation sites (tertiary alicyclic amines) is 1. The maximum Gasteiger partial charge on any atom is 0.289 e. The molecule has 0 bridgehead atoms. The van der Waals surface area contributed by atoms with Crippen molar-refractivity contribution in [1.82, 2.24) is 9.88 Å². The third-order valence-electron chi connectivity index (χ3n) is 4.36. The highest BCUT2D eigenvalue weighted by molar-refractivity contribution is 5.93. The van der Waals surface area contributed by atoms with Crippen LogP contribution in [0.4, 0.5) is 11.5 Å². The number of aromatic nitrogens is 1. The average molecular weight is 342 g/mol. The van der Waals surface area contributed by atoms with Gasteiger partial charge in [0.05, 0.1) is 18.1 Å². The molecule has 3 heterocycles. The highest BCUT2D eigenvalue weighted by Crippen LogP contribution is 2.21. The predicted molar refractivity (Wildman–Crippen MR) is 94.5 cm³/mol. The number of rotatable bonds is 4. The number of amides is 2. The van der Waals surface area contributed by atoms with E-state index in [1.54, 1.807) is 23.2 Å². The minimum atomic E-state index is -0.118. The molecule has 1 N–H and O–H groups in total. The average Bonchev–Trinajstić information content (AvgIpc) is 3.16. The van der Waals surface area contributed by atoms with Gasteiger partial charge in [-0.1, -0.05) is 0 Å². The number of nitrogens with one attached hydrogen (secondary N) is 1. The summed E-state index contributed by atoms with van der Waals surface area (Å²) in [5.74, 6) is 0.934. The Hall–Kier alpha value is -2.83. The van der Waals surface area contributed by atoms with Crippen molar-refractivity contribution in [1.29, 1.82) is 0 Å². The van der Waals surface area contributed by atoms with E-state index in [1.807, 2.05) is 31.1 Å². The molecule has 1 fully saturated rings. The first kappa shape index (κ1) is 17.0. The number of nitrogens with zero attached hydrogens (tertiary/aromatic N) is 3. The van der Waals surface area contributed by atoms with Crippen LogP contribution < -0.4 is 10.2 Å². The van der Waals surface area contributed by atoms with Gasteiger partial charge in [-0.25, -0.2) is 4.98 Å². The lowest BCUT2D eigenvalue weighted by Gasteiger charge is -2.30. The third-order valence-corrected chi connectivity index (χ3v) is 4.36. The number of pyridine rings is 1. The van der Waals surface area contributed by atoms with Crippen LogP contribution in [0.5, 0.6) is 0 Å². The second kappa shape index (κ2) is 7.38. The molecule has 132 valence electrons. The van der Waals surface area contributed by atoms with Crippen LogP contribution in [-0.2, 0) is 4.79 Å². The Balaban J connectivity index is 1.52. The second-order valence-electron chi connectivity index (χ2n) is 6.33. The zero-order chi connectivity index (χ0) is 17.8. The lowest BCUT2D eigenvalue weighted by atomic mass is 9.95. The quantitative estimate of drug-likeness (QED) is 0.922. The van der Waals surface area contributed by atoms with Gasteiger partial charge in [-0.15, -0.1) is 0 Å². The number of anilines is 2. The van der Waals surface area contributed by atoms with E-state index in [4.69, 9.17) is 4.42 Å². The smallest absolute Gasteiger partial charge is 0.289 e. The van der Waals surface area contributed by atoms with Crippen LogP contribution in [0.3, 0.4) is 0 Å². The summed E-state index contributed by atoms with van der Waals surface area (Å²) in [5.41, 5.74) is 0.685. The predicted octanol–water partition coefficient (Wildman–Crippen LogP) is 2.23. The summed E-state index contributed by atoms with van der Waals surface area (Å²) >= 11 is 0. The summed E-state index contributed by atoms with van der Waals surface area (Å²) in [7, 11) is 3.83. The van der Waals surface area contributed by atoms with Gasteiger partial charge >= 0.3 is 0 Å². The number of hydrogen-bond acceptors (Lipinski definition) is 5. The Labute approximate surface area is 146 Å². The fraction of sp³-hybridized carbons (Fsp3) is 0.389. The fourth-order valence-electron chi connectivity index (χ4n) is 2.87. The summed E-state index contributed by atoms with van der Waals surface area (Å²) in [5, 5.41) is 2.91. The van der Waals surface area contributed by atoms with E-state index in [9.17, 15) is 9.59 Å². The molecule has 1 aliphatic heterocycles. The standard InChI is InChI=1S/C18H22N4O3/c1-21(2)16-6-5-14(12-19-16)20-17(23)13-7-9-22(10-8-13)18(24)15-4-3-11-25-15/h3-6,11-13H,7-10H2,1-2H3,(H,20,23). The van der Waals surface area contributed by atoms with Crippen molar-refractivity contribution in [2.45, 2.75) is 12.8 Å². The molecule has 2 aromatic rings. The van der Waals surface area contributed by atoms with E-state index in [0.717, 1.165) is 5.82 Å². The van der Waals surface area contributed by atoms with Crippen LogP contribution in [0.1, 0.15) is 23.4 Å². The molecule has 25 heavy (non-hydrogen) atoms. The number of carbonyl (C=O) groups excluding carboxylic acids is 2. The Morgan fingerprint density at radius 2 is 2.00 bits per heavy atom. The fourth-order valence-corrected chi connectivity index (χ4v) is 2.87. The van der Waals surface area contributed by atoms with E-state index in [0.29, 0.717) is 37.4 Å². The normalized spacial score (nSPS) is 15.0. The largest absolute Gasteiger partial charge is 0.459 e. The van der Waals surface area contributed by atoms with Gasteiger partial charge in [0.1, 0.15) is 5.82 Å². The van der Waals surface area contributed by atoms with Gasteiger partial charge in [0.15, 0.2) is 5.76 Å². The second-order valence-corrected chi connectivity index (χ2v) is 6.33. The van der Waals surface area contributed by atoms with Crippen molar-refractivity contribution in [2.24, 2.45) is 5.92 Å². The van der Waals surface area contributed by atoms with Crippen molar-refractivity contribution in [2.75, 3.05) is 37.4 Å². The Kier molecular flexibility index (Phi) is 5.02.